The van der Waals surface area contributed by atoms with Crippen LogP contribution in [0.3, 0.4) is 0 Å². The molecule has 2 aliphatic rings. The summed E-state index contributed by atoms with van der Waals surface area (Å²) in [4.78, 5) is 26.4. The molecule has 0 aromatic heterocycles. The first-order valence-corrected chi connectivity index (χ1v) is 13.4. The van der Waals surface area contributed by atoms with Crippen molar-refractivity contribution in [1.29, 1.82) is 0 Å². The number of carbonyl (C=O) groups is 2. The molecule has 1 aliphatic heterocycles. The zero-order valence-corrected chi connectivity index (χ0v) is 23.1. The van der Waals surface area contributed by atoms with Gasteiger partial charge in [-0.1, -0.05) is 60.0 Å². The van der Waals surface area contributed by atoms with Gasteiger partial charge in [-0.05, 0) is 73.2 Å². The number of methoxy groups -OCH3 is 1. The number of carboxylic acid groups (broad SMARTS) is 1. The molecule has 9 heteroatoms. The van der Waals surface area contributed by atoms with Gasteiger partial charge in [0, 0.05) is 22.7 Å². The van der Waals surface area contributed by atoms with E-state index in [-0.39, 0.29) is 17.0 Å². The van der Waals surface area contributed by atoms with Crippen LogP contribution in [-0.4, -0.2) is 34.1 Å². The molecule has 3 atom stereocenters. The summed E-state index contributed by atoms with van der Waals surface area (Å²) in [6, 6.07) is 17.8. The number of halogens is 3. The molecule has 0 spiro atoms. The van der Waals surface area contributed by atoms with Crippen LogP contribution in [0.5, 0.6) is 0 Å². The van der Waals surface area contributed by atoms with Crippen LogP contribution in [0.1, 0.15) is 71.9 Å². The van der Waals surface area contributed by atoms with Crippen molar-refractivity contribution in [3.63, 3.8) is 0 Å². The average Bonchev–Trinajstić information content (AvgIpc) is 3.14. The van der Waals surface area contributed by atoms with Crippen molar-refractivity contribution in [2.24, 2.45) is 5.92 Å². The molecule has 5 rings (SSSR count). The molecule has 206 valence electrons. The van der Waals surface area contributed by atoms with Crippen molar-refractivity contribution < 1.29 is 28.9 Å². The molecule has 1 aliphatic carbocycles. The number of carboxylic acids is 1. The zero-order valence-electron chi connectivity index (χ0n) is 21.6. The number of aliphatic hydroxyl groups is 1. The number of hydrogen-bond donors (Lipinski definition) is 2. The van der Waals surface area contributed by atoms with Gasteiger partial charge in [-0.2, -0.15) is 0 Å². The highest BCUT2D eigenvalue weighted by Crippen LogP contribution is 2.47. The molecular formula is C30H30Cl2FNO5. The highest BCUT2D eigenvalue weighted by Gasteiger charge is 2.46. The van der Waals surface area contributed by atoms with Crippen molar-refractivity contribution in [2.45, 2.75) is 50.5 Å². The summed E-state index contributed by atoms with van der Waals surface area (Å²) in [7, 11) is 1.34. The Morgan fingerprint density at radius 1 is 1.10 bits per heavy atom. The van der Waals surface area contributed by atoms with E-state index >= 15 is 4.39 Å². The van der Waals surface area contributed by atoms with Gasteiger partial charge in [-0.15, -0.1) is 0 Å². The fourth-order valence-corrected chi connectivity index (χ4v) is 5.38. The van der Waals surface area contributed by atoms with Gasteiger partial charge in [0.05, 0.1) is 23.6 Å². The highest BCUT2D eigenvalue weighted by atomic mass is 35.5. The topological polar surface area (TPSA) is 87.1 Å². The second-order valence-electron chi connectivity index (χ2n) is 9.96. The number of fused-ring (bicyclic) bond motifs is 1. The lowest BCUT2D eigenvalue weighted by atomic mass is 9.70. The minimum Gasteiger partial charge on any atom is -0.481 e. The lowest BCUT2D eigenvalue weighted by Crippen LogP contribution is -2.36. The average molecular weight is 574 g/mol. The van der Waals surface area contributed by atoms with Gasteiger partial charge >= 0.3 is 5.97 Å². The van der Waals surface area contributed by atoms with Crippen molar-refractivity contribution in [2.75, 3.05) is 7.11 Å². The highest BCUT2D eigenvalue weighted by molar-refractivity contribution is 6.30. The first-order valence-electron chi connectivity index (χ1n) is 12.6. The largest absolute Gasteiger partial charge is 0.481 e. The van der Waals surface area contributed by atoms with Crippen LogP contribution >= 0.6 is 23.2 Å². The molecular weight excluding hydrogens is 544 g/mol. The zero-order chi connectivity index (χ0) is 28.3. The molecule has 3 aromatic rings. The lowest BCUT2D eigenvalue weighted by Gasteiger charge is -2.39. The number of ether oxygens (including phenoxy) is 1. The molecule has 0 radical (unpaired) electrons. The van der Waals surface area contributed by atoms with Crippen LogP contribution in [0.15, 0.2) is 66.7 Å². The standard InChI is InChI=1S/C24H25ClFNO5.C6H5Cl/c1-24(31,14-4-3-5-14)15-10-17-21(18(26)11-15)23(32-2)27(22(17)30)19(12-20(28)29)13-6-8-16(25)9-7-13;7-6-4-2-1-3-5-6/h6-11,14,19,23,31H,3-5,12H2,1-2H3,(H,28,29);1-5H/t19?,23-,24?;/m1./s1. The number of hydrogen-bond acceptors (Lipinski definition) is 4. The van der Waals surface area contributed by atoms with Crippen LogP contribution < -0.4 is 0 Å². The third kappa shape index (κ3) is 6.12. The Hall–Kier alpha value is -2.97. The van der Waals surface area contributed by atoms with Gasteiger partial charge in [0.15, 0.2) is 6.23 Å². The Bertz CT molecular complexity index is 1330. The molecule has 2 N–H and O–H groups in total. The predicted molar refractivity (Wildman–Crippen MR) is 147 cm³/mol. The van der Waals surface area contributed by atoms with Crippen LogP contribution in [-0.2, 0) is 15.1 Å². The summed E-state index contributed by atoms with van der Waals surface area (Å²) in [6.07, 6.45) is 1.19. The Morgan fingerprint density at radius 3 is 2.21 bits per heavy atom. The maximum atomic E-state index is 15.3. The Morgan fingerprint density at radius 2 is 1.72 bits per heavy atom. The second-order valence-corrected chi connectivity index (χ2v) is 10.8. The Labute approximate surface area is 236 Å². The van der Waals surface area contributed by atoms with Crippen LogP contribution in [0, 0.1) is 11.7 Å². The van der Waals surface area contributed by atoms with Gasteiger partial charge in [0.1, 0.15) is 5.82 Å². The molecule has 1 heterocycles. The Kier molecular flexibility index (Phi) is 8.96. The fraction of sp³-hybridized carbons (Fsp3) is 0.333. The SMILES string of the molecule is CO[C@@H]1c2c(F)cc(C(C)(O)C3CCC3)cc2C(=O)N1C(CC(=O)O)c1ccc(Cl)cc1.Clc1ccccc1. The maximum Gasteiger partial charge on any atom is 0.305 e. The number of carbonyl (C=O) groups excluding carboxylic acids is 1. The monoisotopic (exact) mass is 573 g/mol. The number of benzene rings is 3. The van der Waals surface area contributed by atoms with Gasteiger partial charge in [0.2, 0.25) is 0 Å². The van der Waals surface area contributed by atoms with E-state index in [4.69, 9.17) is 27.9 Å². The molecule has 6 nitrogen and oxygen atoms in total. The summed E-state index contributed by atoms with van der Waals surface area (Å²) in [6.45, 7) is 1.64. The Balaban J connectivity index is 0.000000438. The lowest BCUT2D eigenvalue weighted by molar-refractivity contribution is -0.139. The summed E-state index contributed by atoms with van der Waals surface area (Å²) in [5.74, 6) is -2.32. The molecule has 1 amide bonds. The summed E-state index contributed by atoms with van der Waals surface area (Å²) >= 11 is 11.5. The maximum absolute atomic E-state index is 15.3. The number of aliphatic carboxylic acids is 1. The van der Waals surface area contributed by atoms with E-state index in [2.05, 4.69) is 0 Å². The first kappa shape index (κ1) is 29.0. The van der Waals surface area contributed by atoms with E-state index in [0.717, 1.165) is 24.3 Å². The minimum absolute atomic E-state index is 0.000364. The molecule has 1 fully saturated rings. The van der Waals surface area contributed by atoms with E-state index in [1.54, 1.807) is 31.2 Å². The predicted octanol–water partition coefficient (Wildman–Crippen LogP) is 7.14. The number of amides is 1. The van der Waals surface area contributed by atoms with E-state index in [9.17, 15) is 19.8 Å². The van der Waals surface area contributed by atoms with E-state index < -0.39 is 42.0 Å². The normalized spacial score (nSPS) is 18.9. The minimum atomic E-state index is -1.26. The van der Waals surface area contributed by atoms with Crippen molar-refractivity contribution >= 4 is 35.1 Å². The van der Waals surface area contributed by atoms with Crippen LogP contribution in [0.4, 0.5) is 4.39 Å². The molecule has 39 heavy (non-hydrogen) atoms. The van der Waals surface area contributed by atoms with Crippen molar-refractivity contribution in [1.82, 2.24) is 4.90 Å². The van der Waals surface area contributed by atoms with Crippen LogP contribution in [0.2, 0.25) is 10.0 Å². The van der Waals surface area contributed by atoms with Crippen molar-refractivity contribution in [3.05, 3.63) is 105 Å². The molecule has 0 saturated heterocycles. The summed E-state index contributed by atoms with van der Waals surface area (Å²) < 4.78 is 20.8. The van der Waals surface area contributed by atoms with Crippen LogP contribution in [0.25, 0.3) is 0 Å². The van der Waals surface area contributed by atoms with Crippen molar-refractivity contribution in [3.8, 4) is 0 Å². The molecule has 2 unspecified atom stereocenters. The van der Waals surface area contributed by atoms with Gasteiger partial charge in [-0.3, -0.25) is 9.59 Å². The smallest absolute Gasteiger partial charge is 0.305 e. The number of nitrogens with zero attached hydrogens (tertiary/aromatic N) is 1. The summed E-state index contributed by atoms with van der Waals surface area (Å²) in [5, 5.41) is 21.8. The van der Waals surface area contributed by atoms with E-state index in [1.807, 2.05) is 30.3 Å². The molecule has 1 saturated carbocycles. The molecule has 0 bridgehead atoms. The third-order valence-electron chi connectivity index (χ3n) is 7.49. The van der Waals surface area contributed by atoms with E-state index in [1.165, 1.54) is 24.1 Å². The molecule has 3 aromatic carbocycles. The quantitative estimate of drug-likeness (QED) is 0.313. The van der Waals surface area contributed by atoms with Gasteiger partial charge in [-0.25, -0.2) is 4.39 Å². The van der Waals surface area contributed by atoms with E-state index in [0.29, 0.717) is 16.1 Å². The fourth-order valence-electron chi connectivity index (χ4n) is 5.11. The van der Waals surface area contributed by atoms with Gasteiger partial charge < -0.3 is 19.8 Å². The summed E-state index contributed by atoms with van der Waals surface area (Å²) in [5.41, 5.74) is -0.251. The second kappa shape index (κ2) is 12.0. The third-order valence-corrected chi connectivity index (χ3v) is 8.00. The number of rotatable bonds is 7. The van der Waals surface area contributed by atoms with Gasteiger partial charge in [0.25, 0.3) is 5.91 Å². The first-order chi connectivity index (χ1) is 18.5.